The van der Waals surface area contributed by atoms with Crippen molar-refractivity contribution >= 4 is 45.2 Å². The number of alkyl halides is 6. The van der Waals surface area contributed by atoms with Crippen molar-refractivity contribution in [2.45, 2.75) is 22.9 Å². The van der Waals surface area contributed by atoms with Crippen molar-refractivity contribution in [2.75, 3.05) is 0 Å². The average molecular weight is 655 g/mol. The topological polar surface area (TPSA) is 34.1 Å². The van der Waals surface area contributed by atoms with Crippen molar-refractivity contribution < 1.29 is 34.8 Å². The number of rotatable bonds is 8. The summed E-state index contributed by atoms with van der Waals surface area (Å²) in [6.07, 6.45) is -3.65. The van der Waals surface area contributed by atoms with Crippen LogP contribution in [0.25, 0.3) is 12.2 Å². The van der Waals surface area contributed by atoms with Crippen LogP contribution in [-0.2, 0) is 22.2 Å². The molecule has 0 fully saturated rings. The Morgan fingerprint density at radius 3 is 1.09 bits per heavy atom. The Kier molecular flexibility index (Phi) is 9.79. The van der Waals surface area contributed by atoms with Crippen LogP contribution < -0.4 is 0 Å². The minimum absolute atomic E-state index is 0.0371. The monoisotopic (exact) mass is 654 g/mol. The molecule has 0 N–H and O–H groups in total. The molecule has 4 rings (SSSR count). The molecule has 43 heavy (non-hydrogen) atoms. The minimum Gasteiger partial charge on any atom is -0.227 e. The summed E-state index contributed by atoms with van der Waals surface area (Å²) in [5.41, 5.74) is -0.712. The fourth-order valence-corrected chi connectivity index (χ4v) is 6.48. The van der Waals surface area contributed by atoms with Crippen molar-refractivity contribution in [3.63, 3.8) is 0 Å². The molecule has 0 aliphatic heterocycles. The summed E-state index contributed by atoms with van der Waals surface area (Å²) in [6.45, 7) is 0. The molecule has 224 valence electrons. The first-order valence-electron chi connectivity index (χ1n) is 12.6. The second-order valence-electron chi connectivity index (χ2n) is 9.49. The maximum atomic E-state index is 14.4. The molecule has 0 spiro atoms. The number of sulfone groups is 1. The molecule has 11 heteroatoms. The minimum atomic E-state index is -4.64. The van der Waals surface area contributed by atoms with E-state index in [9.17, 15) is 34.8 Å². The van der Waals surface area contributed by atoms with Crippen LogP contribution in [0.15, 0.2) is 109 Å². The molecular formula is C32H22Cl2F6O2S. The maximum absolute atomic E-state index is 14.4. The van der Waals surface area contributed by atoms with Crippen LogP contribution in [0.3, 0.4) is 0 Å². The van der Waals surface area contributed by atoms with E-state index in [1.165, 1.54) is 24.3 Å². The SMILES string of the molecule is O=S(=O)(C(C=Cc1ccc(Cl)cc1)c1ccc(C(F)(F)F)cc1)C(C=Cc1ccc(Cl)cc1)c1ccc(C(F)(F)F)cc1. The zero-order valence-corrected chi connectivity index (χ0v) is 24.3. The summed E-state index contributed by atoms with van der Waals surface area (Å²) in [7, 11) is -4.41. The Morgan fingerprint density at radius 1 is 0.512 bits per heavy atom. The Labute approximate surface area is 254 Å². The van der Waals surface area contributed by atoms with Gasteiger partial charge in [-0.2, -0.15) is 26.3 Å². The van der Waals surface area contributed by atoms with E-state index >= 15 is 0 Å². The van der Waals surface area contributed by atoms with Gasteiger partial charge in [0.15, 0.2) is 9.84 Å². The third-order valence-corrected chi connectivity index (χ3v) is 9.29. The van der Waals surface area contributed by atoms with Gasteiger partial charge in [0.25, 0.3) is 0 Å². The zero-order chi connectivity index (χ0) is 31.4. The molecule has 2 nitrogen and oxygen atoms in total. The molecule has 0 heterocycles. The first-order chi connectivity index (χ1) is 20.1. The predicted octanol–water partition coefficient (Wildman–Crippen LogP) is 10.7. The lowest BCUT2D eigenvalue weighted by Crippen LogP contribution is -2.19. The summed E-state index contributed by atoms with van der Waals surface area (Å²) in [4.78, 5) is 0. The fraction of sp³-hybridized carbons (Fsp3) is 0.125. The van der Waals surface area contributed by atoms with Gasteiger partial charge in [-0.1, -0.05) is 96.0 Å². The van der Waals surface area contributed by atoms with Gasteiger partial charge in [-0.05, 0) is 70.8 Å². The van der Waals surface area contributed by atoms with E-state index in [1.54, 1.807) is 48.5 Å². The number of halogens is 8. The normalized spacial score (nSPS) is 14.3. The molecule has 0 saturated heterocycles. The van der Waals surface area contributed by atoms with E-state index in [0.717, 1.165) is 48.5 Å². The summed E-state index contributed by atoms with van der Waals surface area (Å²) >= 11 is 11.9. The molecule has 0 aromatic heterocycles. The molecule has 2 atom stereocenters. The molecular weight excluding hydrogens is 633 g/mol. The quantitative estimate of drug-likeness (QED) is 0.177. The molecule has 2 unspecified atom stereocenters. The molecule has 0 saturated carbocycles. The van der Waals surface area contributed by atoms with Crippen LogP contribution in [0.2, 0.25) is 10.0 Å². The molecule has 0 bridgehead atoms. The third-order valence-electron chi connectivity index (χ3n) is 6.51. The smallest absolute Gasteiger partial charge is 0.227 e. The van der Waals surface area contributed by atoms with Crippen LogP contribution in [0.4, 0.5) is 26.3 Å². The molecule has 0 aliphatic carbocycles. The lowest BCUT2D eigenvalue weighted by molar-refractivity contribution is -0.138. The maximum Gasteiger partial charge on any atom is 0.416 e. The highest BCUT2D eigenvalue weighted by Crippen LogP contribution is 2.39. The van der Waals surface area contributed by atoms with Crippen LogP contribution in [0, 0.1) is 0 Å². The highest BCUT2D eigenvalue weighted by Gasteiger charge is 2.36. The van der Waals surface area contributed by atoms with Gasteiger partial charge in [0, 0.05) is 10.0 Å². The van der Waals surface area contributed by atoms with E-state index in [-0.39, 0.29) is 11.1 Å². The molecule has 0 aliphatic rings. The van der Waals surface area contributed by atoms with Gasteiger partial charge in [-0.3, -0.25) is 0 Å². The van der Waals surface area contributed by atoms with Crippen molar-refractivity contribution in [2.24, 2.45) is 0 Å². The van der Waals surface area contributed by atoms with Crippen molar-refractivity contribution in [1.29, 1.82) is 0 Å². The van der Waals surface area contributed by atoms with Crippen LogP contribution in [0.1, 0.15) is 43.9 Å². The number of hydrogen-bond acceptors (Lipinski definition) is 2. The molecule has 0 amide bonds. The van der Waals surface area contributed by atoms with Gasteiger partial charge in [0.05, 0.1) is 11.1 Å². The van der Waals surface area contributed by atoms with Crippen LogP contribution in [0.5, 0.6) is 0 Å². The average Bonchev–Trinajstić information content (AvgIpc) is 2.94. The predicted molar refractivity (Wildman–Crippen MR) is 158 cm³/mol. The Morgan fingerprint density at radius 2 is 0.814 bits per heavy atom. The molecule has 4 aromatic rings. The van der Waals surface area contributed by atoms with Crippen molar-refractivity contribution in [3.05, 3.63) is 153 Å². The van der Waals surface area contributed by atoms with Gasteiger partial charge < -0.3 is 0 Å². The lowest BCUT2D eigenvalue weighted by atomic mass is 10.1. The summed E-state index contributed by atoms with van der Waals surface area (Å²) in [5.74, 6) is 0. The van der Waals surface area contributed by atoms with Gasteiger partial charge in [0.1, 0.15) is 10.5 Å². The van der Waals surface area contributed by atoms with E-state index < -0.39 is 43.8 Å². The standard InChI is InChI=1S/C32H22Cl2F6O2S/c33-27-15-1-21(2-16-27)5-19-29(23-7-11-25(12-8-23)31(35,36)37)43(41,42)30(20-6-22-3-17-28(34)18-4-22)24-9-13-26(14-10-24)32(38,39)40/h1-20,29-30H. The van der Waals surface area contributed by atoms with Gasteiger partial charge in [-0.25, -0.2) is 8.42 Å². The Bertz CT molecular complexity index is 1570. The lowest BCUT2D eigenvalue weighted by Gasteiger charge is -2.22. The fourth-order valence-electron chi connectivity index (χ4n) is 4.25. The Hall–Kier alpha value is -3.53. The Balaban J connectivity index is 1.85. The number of hydrogen-bond donors (Lipinski definition) is 0. The summed E-state index contributed by atoms with van der Waals surface area (Å²) in [5, 5.41) is -2.07. The zero-order valence-electron chi connectivity index (χ0n) is 22.0. The van der Waals surface area contributed by atoms with E-state index in [0.29, 0.717) is 21.2 Å². The van der Waals surface area contributed by atoms with Crippen LogP contribution >= 0.6 is 23.2 Å². The molecule has 0 radical (unpaired) electrons. The van der Waals surface area contributed by atoms with Gasteiger partial charge in [-0.15, -0.1) is 0 Å². The molecule has 4 aromatic carbocycles. The highest BCUT2D eigenvalue weighted by atomic mass is 35.5. The summed E-state index contributed by atoms with van der Waals surface area (Å²) < 4.78 is 108. The first-order valence-corrected chi connectivity index (χ1v) is 15.0. The number of benzene rings is 4. The third kappa shape index (κ3) is 8.31. The van der Waals surface area contributed by atoms with E-state index in [1.807, 2.05) is 0 Å². The highest BCUT2D eigenvalue weighted by molar-refractivity contribution is 7.92. The second kappa shape index (κ2) is 13.0. The van der Waals surface area contributed by atoms with Crippen molar-refractivity contribution in [1.82, 2.24) is 0 Å². The summed E-state index contributed by atoms with van der Waals surface area (Å²) in [6, 6.07) is 20.3. The largest absolute Gasteiger partial charge is 0.416 e. The first kappa shape index (κ1) is 32.4. The van der Waals surface area contributed by atoms with Crippen LogP contribution in [-0.4, -0.2) is 8.42 Å². The van der Waals surface area contributed by atoms with Gasteiger partial charge >= 0.3 is 12.4 Å². The van der Waals surface area contributed by atoms with Gasteiger partial charge in [0.2, 0.25) is 0 Å². The van der Waals surface area contributed by atoms with Crippen molar-refractivity contribution in [3.8, 4) is 0 Å². The second-order valence-corrected chi connectivity index (χ2v) is 12.6. The van der Waals surface area contributed by atoms with E-state index in [2.05, 4.69) is 0 Å². The van der Waals surface area contributed by atoms with E-state index in [4.69, 9.17) is 23.2 Å².